The van der Waals surface area contributed by atoms with Gasteiger partial charge in [-0.3, -0.25) is 67.9 Å². The van der Waals surface area contributed by atoms with Gasteiger partial charge >= 0.3 is 17.9 Å². The number of likely N-dealkylation sites (N-methyl/N-ethyl adjacent to an activating group) is 1. The number of likely N-dealkylation sites (tertiary alicyclic amines) is 2. The molecule has 538 valence electrons. The number of aliphatic hydroxyl groups excluding tert-OH is 2. The van der Waals surface area contributed by atoms with Gasteiger partial charge in [0.2, 0.25) is 47.3 Å². The monoisotopic (exact) mass is 1350 g/mol. The minimum Gasteiger partial charge on any atom is -0.481 e. The van der Waals surface area contributed by atoms with Crippen LogP contribution in [0.15, 0.2) is 0 Å². The summed E-state index contributed by atoms with van der Waals surface area (Å²) in [6.45, 7) is -0.578. The number of H-pyrrole nitrogens is 1. The highest BCUT2D eigenvalue weighted by molar-refractivity contribution is 5.98. The second-order valence-corrected chi connectivity index (χ2v) is 24.3. The first-order chi connectivity index (χ1) is 45.4. The first kappa shape index (κ1) is 81.5. The van der Waals surface area contributed by atoms with Crippen molar-refractivity contribution in [1.82, 2.24) is 72.5 Å². The first-order valence-corrected chi connectivity index (χ1v) is 33.2. The molecule has 0 spiro atoms. The number of hydrogen-bond donors (Lipinski definition) is 16. The Morgan fingerprint density at radius 2 is 1.12 bits per heavy atom. The summed E-state index contributed by atoms with van der Waals surface area (Å²) in [6.07, 6.45) is 13.6. The van der Waals surface area contributed by atoms with Crippen molar-refractivity contribution in [2.75, 3.05) is 85.8 Å². The van der Waals surface area contributed by atoms with E-state index in [0.29, 0.717) is 19.4 Å². The first-order valence-electron chi connectivity index (χ1n) is 33.2. The van der Waals surface area contributed by atoms with Crippen molar-refractivity contribution < 1.29 is 87.7 Å². The number of primary amides is 1. The molecule has 95 heavy (non-hydrogen) atoms. The molecular weight excluding hydrogens is 1250 g/mol. The van der Waals surface area contributed by atoms with Crippen LogP contribution in [0, 0.1) is 5.41 Å². The number of guanidine groups is 1. The molecule has 18 N–H and O–H groups in total. The average molecular weight is 1350 g/mol. The summed E-state index contributed by atoms with van der Waals surface area (Å²) in [7, 11) is 1.62. The number of aliphatic hydroxyl groups is 2. The Labute approximate surface area is 553 Å². The van der Waals surface area contributed by atoms with E-state index in [4.69, 9.17) is 26.4 Å². The quantitative estimate of drug-likeness (QED) is 0.0182. The molecule has 0 radical (unpaired) electrons. The van der Waals surface area contributed by atoms with Crippen LogP contribution in [0.4, 0.5) is 0 Å². The number of ether oxygens (including phenoxy) is 2. The number of hydrogen-bond acceptors (Lipinski definition) is 21. The summed E-state index contributed by atoms with van der Waals surface area (Å²) in [6, 6.07) is -8.45. The largest absolute Gasteiger partial charge is 0.481 e. The number of carboxylic acids is 3. The van der Waals surface area contributed by atoms with E-state index in [2.05, 4.69) is 57.8 Å². The number of carboxylic acid groups (broad SMARTS) is 3. The second-order valence-electron chi connectivity index (χ2n) is 24.3. The zero-order valence-electron chi connectivity index (χ0n) is 54.9. The highest BCUT2D eigenvalue weighted by Crippen LogP contribution is 2.25. The zero-order chi connectivity index (χ0) is 69.9. The number of amides is 8. The molecule has 0 unspecified atom stereocenters. The summed E-state index contributed by atoms with van der Waals surface area (Å²) in [5, 5.41) is 88.6. The molecule has 2 saturated heterocycles. The summed E-state index contributed by atoms with van der Waals surface area (Å²) in [4.78, 5) is 146. The Morgan fingerprint density at radius 1 is 0.589 bits per heavy atom. The van der Waals surface area contributed by atoms with Crippen LogP contribution >= 0.6 is 0 Å². The van der Waals surface area contributed by atoms with Crippen molar-refractivity contribution in [2.24, 2.45) is 11.5 Å². The normalized spacial score (nSPS) is 17.5. The van der Waals surface area contributed by atoms with E-state index in [0.717, 1.165) is 47.7 Å². The van der Waals surface area contributed by atoms with Gasteiger partial charge in [0.05, 0.1) is 57.6 Å². The van der Waals surface area contributed by atoms with Crippen LogP contribution in [0.2, 0.25) is 0 Å². The number of aryl methyl sites for hydroxylation is 1. The van der Waals surface area contributed by atoms with Gasteiger partial charge in [0, 0.05) is 52.0 Å². The molecule has 0 bridgehead atoms. The van der Waals surface area contributed by atoms with Crippen LogP contribution < -0.4 is 48.7 Å². The van der Waals surface area contributed by atoms with Crippen molar-refractivity contribution in [1.29, 1.82) is 5.41 Å². The minimum absolute atomic E-state index is 0.0208. The third-order valence-electron chi connectivity index (χ3n) is 16.2. The van der Waals surface area contributed by atoms with Crippen LogP contribution in [0.3, 0.4) is 0 Å². The maximum absolute atomic E-state index is 14.1. The Kier molecular flexibility index (Phi) is 40.5. The number of unbranched alkanes of at least 4 members (excludes halogenated alkanes) is 14. The number of rotatable bonds is 54. The molecule has 1 aromatic heterocycles. The lowest BCUT2D eigenvalue weighted by molar-refractivity contribution is -0.143. The Balaban J connectivity index is 1.46. The van der Waals surface area contributed by atoms with Crippen LogP contribution in [0.1, 0.15) is 166 Å². The van der Waals surface area contributed by atoms with Crippen molar-refractivity contribution >= 4 is 71.1 Å². The van der Waals surface area contributed by atoms with Crippen LogP contribution in [0.5, 0.6) is 0 Å². The van der Waals surface area contributed by atoms with E-state index in [9.17, 15) is 78.3 Å². The zero-order valence-corrected chi connectivity index (χ0v) is 54.9. The SMILES string of the molecule is CN1C[C@H](O)C[C@H]1C(=O)N1C[C@H](O)C[C@H]1C(=O)N[C@@H](CCCNC(=N)N)C(=O)N[C@@H](CC(=O)O)C(=O)N[C@@H](CCCCN(CC(=O)O)CC(=O)O)C(=O)N[C@@H](CCCCNC(=O)COCCOCCNC(=O)CCCCCCCCCCCCCCCc1nnn[nH]1)C(N)=O. The smallest absolute Gasteiger partial charge is 0.317 e. The maximum atomic E-state index is 14.1. The Hall–Kier alpha value is -7.73. The number of carbonyl (C=O) groups is 11. The number of aromatic amines is 1. The van der Waals surface area contributed by atoms with Gasteiger partial charge in [-0.25, -0.2) is 5.10 Å². The van der Waals surface area contributed by atoms with E-state index in [1.54, 1.807) is 11.9 Å². The minimum atomic E-state index is -1.93. The van der Waals surface area contributed by atoms with Crippen molar-refractivity contribution in [3.8, 4) is 0 Å². The molecule has 1 aromatic rings. The third kappa shape index (κ3) is 36.1. The lowest BCUT2D eigenvalue weighted by atomic mass is 10.0. The number of nitrogens with one attached hydrogen (secondary N) is 9. The second kappa shape index (κ2) is 47.2. The molecule has 2 fully saturated rings. The van der Waals surface area contributed by atoms with Gasteiger partial charge in [-0.05, 0) is 94.6 Å². The molecule has 3 rings (SSSR count). The summed E-state index contributed by atoms with van der Waals surface area (Å²) < 4.78 is 10.9. The molecule has 3 heterocycles. The van der Waals surface area contributed by atoms with E-state index in [1.807, 2.05) is 0 Å². The van der Waals surface area contributed by atoms with Crippen LogP contribution in [-0.4, -0.2) is 266 Å². The number of aromatic nitrogens is 4. The van der Waals surface area contributed by atoms with Gasteiger partial charge in [0.1, 0.15) is 42.6 Å². The van der Waals surface area contributed by atoms with Crippen LogP contribution in [0.25, 0.3) is 0 Å². The van der Waals surface area contributed by atoms with Crippen molar-refractivity contribution in [2.45, 2.75) is 215 Å². The van der Waals surface area contributed by atoms with Crippen molar-refractivity contribution in [3.05, 3.63) is 5.82 Å². The predicted octanol–water partition coefficient (Wildman–Crippen LogP) is -2.53. The fourth-order valence-electron chi connectivity index (χ4n) is 11.2. The van der Waals surface area contributed by atoms with E-state index >= 15 is 0 Å². The molecule has 35 heteroatoms. The van der Waals surface area contributed by atoms with Gasteiger partial charge < -0.3 is 88.6 Å². The average Bonchev–Trinajstić information content (AvgIpc) is 1.68. The Morgan fingerprint density at radius 3 is 1.71 bits per heavy atom. The van der Waals surface area contributed by atoms with Gasteiger partial charge in [-0.2, -0.15) is 0 Å². The molecule has 35 nitrogen and oxygen atoms in total. The topological polar surface area (TPSA) is 532 Å². The Bertz CT molecular complexity index is 2520. The van der Waals surface area contributed by atoms with Gasteiger partial charge in [-0.15, -0.1) is 5.10 Å². The third-order valence-corrected chi connectivity index (χ3v) is 16.2. The maximum Gasteiger partial charge on any atom is 0.317 e. The number of β-amino-alcohol motifs (C(OH)–C–C–N with tert-alkyl or cyclic N) is 2. The number of tetrazole rings is 1. The van der Waals surface area contributed by atoms with E-state index in [-0.39, 0.29) is 123 Å². The van der Waals surface area contributed by atoms with Crippen molar-refractivity contribution in [3.63, 3.8) is 0 Å². The summed E-state index contributed by atoms with van der Waals surface area (Å²) in [5.41, 5.74) is 11.1. The van der Waals surface area contributed by atoms with E-state index in [1.165, 1.54) is 57.8 Å². The predicted molar refractivity (Wildman–Crippen MR) is 341 cm³/mol. The lowest BCUT2D eigenvalue weighted by Gasteiger charge is -2.30. The van der Waals surface area contributed by atoms with E-state index < -0.39 is 133 Å². The molecule has 0 aliphatic carbocycles. The number of nitrogens with two attached hydrogens (primary N) is 2. The molecule has 0 aromatic carbocycles. The number of nitrogens with zero attached hydrogens (tertiary/aromatic N) is 6. The standard InChI is InChI=1S/C60H105N17O18/c1-75-35-40(78)33-47(75)59(93)77-36-41(79)32-46(77)58(92)69-44(22-19-26-66-60(62)63)56(90)70-45(34-51(82)83)57(91)68-43(21-16-18-28-76(37-52(84)85)38-53(86)87)55(89)67-42(54(61)88)20-15-17-25-64-50(81)39-95-31-30-94-29-27-65-49(80)24-14-12-10-8-6-4-2-3-5-7-9-11-13-23-48-71-73-74-72-48/h40-47,78-79H,2-39H2,1H3,(H2,61,88)(H,64,81)(H,65,80)(H,67,89)(H,68,91)(H,69,92)(H,70,90)(H,82,83)(H,84,85)(H,86,87)(H4,62,63,66)(H,71,72,73,74)/t40-,41-,42+,43+,44+,45+,46+,47+/m1/s1. The van der Waals surface area contributed by atoms with Crippen LogP contribution in [-0.2, 0) is 68.6 Å². The van der Waals surface area contributed by atoms with Gasteiger partial charge in [-0.1, -0.05) is 70.6 Å². The molecule has 8 amide bonds. The fraction of sp³-hybridized carbons (Fsp3) is 0.783. The molecule has 8 atom stereocenters. The highest BCUT2D eigenvalue weighted by Gasteiger charge is 2.45. The number of carbonyl (C=O) groups excluding carboxylic acids is 8. The fourth-order valence-corrected chi connectivity index (χ4v) is 11.2. The summed E-state index contributed by atoms with van der Waals surface area (Å²) >= 11 is 0. The molecular formula is C60H105N17O18. The molecule has 2 aliphatic rings. The lowest BCUT2D eigenvalue weighted by Crippen LogP contribution is -2.59. The summed E-state index contributed by atoms with van der Waals surface area (Å²) in [5.74, 6) is -9.87. The molecule has 2 aliphatic heterocycles. The highest BCUT2D eigenvalue weighted by atomic mass is 16.5. The van der Waals surface area contributed by atoms with Gasteiger partial charge in [0.15, 0.2) is 5.96 Å². The number of aliphatic carboxylic acids is 3. The van der Waals surface area contributed by atoms with Gasteiger partial charge in [0.25, 0.3) is 0 Å². The molecule has 0 saturated carbocycles.